The maximum absolute atomic E-state index is 12.5. The first-order chi connectivity index (χ1) is 9.73. The summed E-state index contributed by atoms with van der Waals surface area (Å²) in [5.74, 6) is -2.40. The second-order valence-electron chi connectivity index (χ2n) is 4.38. The zero-order chi connectivity index (χ0) is 15.9. The van der Waals surface area contributed by atoms with Gasteiger partial charge in [-0.05, 0) is 41.1 Å². The third-order valence-electron chi connectivity index (χ3n) is 3.02. The Morgan fingerprint density at radius 3 is 2.05 bits per heavy atom. The molecule has 0 aliphatic heterocycles. The van der Waals surface area contributed by atoms with Crippen molar-refractivity contribution in [2.24, 2.45) is 0 Å². The average molecular weight is 418 g/mol. The van der Waals surface area contributed by atoms with Gasteiger partial charge in [-0.15, -0.1) is 0 Å². The Morgan fingerprint density at radius 2 is 1.43 bits per heavy atom. The zero-order valence-electron chi connectivity index (χ0n) is 10.7. The van der Waals surface area contributed by atoms with E-state index < -0.39 is 23.0 Å². The maximum Gasteiger partial charge on any atom is 0.198 e. The normalized spacial score (nSPS) is 10.6. The molecule has 0 atom stereocenters. The molecule has 2 aromatic carbocycles. The van der Waals surface area contributed by atoms with Crippen LogP contribution in [0, 0.1) is 6.92 Å². The van der Waals surface area contributed by atoms with Crippen molar-refractivity contribution in [2.45, 2.75) is 6.92 Å². The van der Waals surface area contributed by atoms with E-state index in [1.165, 1.54) is 12.1 Å². The summed E-state index contributed by atoms with van der Waals surface area (Å²) in [6.07, 6.45) is 0. The van der Waals surface area contributed by atoms with Crippen molar-refractivity contribution in [1.29, 1.82) is 0 Å². The number of rotatable bonds is 2. The summed E-state index contributed by atoms with van der Waals surface area (Å²) in [7, 11) is 0. The molecule has 0 unspecified atom stereocenters. The van der Waals surface area contributed by atoms with Gasteiger partial charge < -0.3 is 20.4 Å². The summed E-state index contributed by atoms with van der Waals surface area (Å²) < 4.78 is 0.707. The van der Waals surface area contributed by atoms with Gasteiger partial charge in [-0.1, -0.05) is 15.9 Å². The molecule has 0 radical (unpaired) electrons. The van der Waals surface area contributed by atoms with Crippen LogP contribution in [0.2, 0.25) is 0 Å². The van der Waals surface area contributed by atoms with Crippen LogP contribution in [0.5, 0.6) is 23.0 Å². The number of benzene rings is 2. The van der Waals surface area contributed by atoms with E-state index >= 15 is 0 Å². The van der Waals surface area contributed by atoms with Crippen LogP contribution in [0.25, 0.3) is 0 Å². The predicted octanol–water partition coefficient (Wildman–Crippen LogP) is 3.57. The molecule has 5 nitrogen and oxygen atoms in total. The summed E-state index contributed by atoms with van der Waals surface area (Å²) in [6, 6.07) is 3.62. The van der Waals surface area contributed by atoms with Crippen LogP contribution in [-0.4, -0.2) is 26.2 Å². The van der Waals surface area contributed by atoms with Crippen LogP contribution >= 0.6 is 31.9 Å². The molecule has 0 fully saturated rings. The third-order valence-corrected chi connectivity index (χ3v) is 4.50. The Kier molecular flexibility index (Phi) is 4.15. The third kappa shape index (κ3) is 2.71. The molecule has 0 aliphatic rings. The molecule has 0 spiro atoms. The predicted molar refractivity (Wildman–Crippen MR) is 83.1 cm³/mol. The molecule has 0 amide bonds. The van der Waals surface area contributed by atoms with E-state index in [1.807, 2.05) is 0 Å². The highest BCUT2D eigenvalue weighted by Crippen LogP contribution is 2.40. The Labute approximate surface area is 136 Å². The topological polar surface area (TPSA) is 98.0 Å². The minimum absolute atomic E-state index is 0.0377. The second kappa shape index (κ2) is 5.57. The van der Waals surface area contributed by atoms with Gasteiger partial charge in [0, 0.05) is 20.1 Å². The Bertz CT molecular complexity index is 756. The maximum atomic E-state index is 12.5. The number of aromatic hydroxyl groups is 4. The monoisotopic (exact) mass is 416 g/mol. The molecular weight excluding hydrogens is 408 g/mol. The average Bonchev–Trinajstić information content (AvgIpc) is 2.43. The molecule has 4 N–H and O–H groups in total. The number of phenolic OH excluding ortho intramolecular Hbond substituents is 4. The van der Waals surface area contributed by atoms with Crippen molar-refractivity contribution in [3.05, 3.63) is 43.8 Å². The van der Waals surface area contributed by atoms with Crippen molar-refractivity contribution in [3.63, 3.8) is 0 Å². The quantitative estimate of drug-likeness (QED) is 0.442. The van der Waals surface area contributed by atoms with Crippen molar-refractivity contribution < 1.29 is 25.2 Å². The van der Waals surface area contributed by atoms with Crippen LogP contribution in [0.3, 0.4) is 0 Å². The molecule has 7 heteroatoms. The van der Waals surface area contributed by atoms with Crippen LogP contribution in [0.4, 0.5) is 0 Å². The van der Waals surface area contributed by atoms with Gasteiger partial charge in [0.1, 0.15) is 0 Å². The highest BCUT2D eigenvalue weighted by atomic mass is 79.9. The standard InChI is InChI=1S/C14H10Br2O5/c1-5-8(15)2-7(14(21)12(5)19)13(20)6-3-10(17)11(18)4-9(6)16/h2-4,17-19,21H,1H3. The molecule has 110 valence electrons. The minimum atomic E-state index is -0.620. The van der Waals surface area contributed by atoms with Gasteiger partial charge >= 0.3 is 0 Å². The van der Waals surface area contributed by atoms with Crippen molar-refractivity contribution >= 4 is 37.6 Å². The summed E-state index contributed by atoms with van der Waals surface area (Å²) in [5, 5.41) is 38.6. The molecule has 21 heavy (non-hydrogen) atoms. The van der Waals surface area contributed by atoms with Gasteiger partial charge in [0.25, 0.3) is 0 Å². The van der Waals surface area contributed by atoms with Crippen molar-refractivity contribution in [1.82, 2.24) is 0 Å². The molecule has 0 aromatic heterocycles. The lowest BCUT2D eigenvalue weighted by molar-refractivity contribution is 0.103. The fourth-order valence-electron chi connectivity index (χ4n) is 1.77. The van der Waals surface area contributed by atoms with Crippen molar-refractivity contribution in [3.8, 4) is 23.0 Å². The number of carbonyl (C=O) groups excluding carboxylic acids is 1. The molecule has 0 heterocycles. The lowest BCUT2D eigenvalue weighted by atomic mass is 10.00. The number of hydrogen-bond acceptors (Lipinski definition) is 5. The molecule has 2 rings (SSSR count). The zero-order valence-corrected chi connectivity index (χ0v) is 13.9. The van der Waals surface area contributed by atoms with Crippen LogP contribution in [0.15, 0.2) is 27.1 Å². The Morgan fingerprint density at radius 1 is 0.857 bits per heavy atom. The van der Waals surface area contributed by atoms with E-state index in [4.69, 9.17) is 0 Å². The number of carbonyl (C=O) groups is 1. The number of ketones is 1. The lowest BCUT2D eigenvalue weighted by Crippen LogP contribution is -2.04. The Hall–Kier alpha value is -1.73. The van der Waals surface area contributed by atoms with Crippen LogP contribution < -0.4 is 0 Å². The molecular formula is C14H10Br2O5. The number of phenols is 4. The molecule has 0 bridgehead atoms. The van der Waals surface area contributed by atoms with E-state index in [0.29, 0.717) is 10.0 Å². The SMILES string of the molecule is Cc1c(Br)cc(C(=O)c2cc(O)c(O)cc2Br)c(O)c1O. The lowest BCUT2D eigenvalue weighted by Gasteiger charge is -2.11. The minimum Gasteiger partial charge on any atom is -0.504 e. The highest BCUT2D eigenvalue weighted by molar-refractivity contribution is 9.10. The number of hydrogen-bond donors (Lipinski definition) is 4. The van der Waals surface area contributed by atoms with Crippen LogP contribution in [-0.2, 0) is 0 Å². The van der Waals surface area contributed by atoms with Gasteiger partial charge in [0.05, 0.1) is 5.56 Å². The summed E-state index contributed by atoms with van der Waals surface area (Å²) >= 11 is 6.30. The van der Waals surface area contributed by atoms with Gasteiger partial charge in [0.2, 0.25) is 0 Å². The van der Waals surface area contributed by atoms with E-state index in [-0.39, 0.29) is 21.3 Å². The number of halogens is 2. The molecule has 0 aliphatic carbocycles. The Balaban J connectivity index is 2.64. The van der Waals surface area contributed by atoms with E-state index in [1.54, 1.807) is 6.92 Å². The molecule has 2 aromatic rings. The van der Waals surface area contributed by atoms with E-state index in [0.717, 1.165) is 6.07 Å². The fourth-order valence-corrected chi connectivity index (χ4v) is 2.69. The first-order valence-electron chi connectivity index (χ1n) is 5.71. The first-order valence-corrected chi connectivity index (χ1v) is 7.29. The fraction of sp³-hybridized carbons (Fsp3) is 0.0714. The van der Waals surface area contributed by atoms with Crippen LogP contribution in [0.1, 0.15) is 21.5 Å². The van der Waals surface area contributed by atoms with E-state index in [2.05, 4.69) is 31.9 Å². The summed E-state index contributed by atoms with van der Waals surface area (Å²) in [6.45, 7) is 1.58. The first kappa shape index (κ1) is 15.7. The van der Waals surface area contributed by atoms with E-state index in [9.17, 15) is 25.2 Å². The smallest absolute Gasteiger partial charge is 0.198 e. The van der Waals surface area contributed by atoms with Gasteiger partial charge in [-0.2, -0.15) is 0 Å². The van der Waals surface area contributed by atoms with Gasteiger partial charge in [0.15, 0.2) is 28.8 Å². The highest BCUT2D eigenvalue weighted by Gasteiger charge is 2.22. The summed E-state index contributed by atoms with van der Waals surface area (Å²) in [5.41, 5.74) is 0.309. The molecule has 0 saturated carbocycles. The molecule has 0 saturated heterocycles. The second-order valence-corrected chi connectivity index (χ2v) is 6.09. The van der Waals surface area contributed by atoms with Crippen molar-refractivity contribution in [2.75, 3.05) is 0 Å². The van der Waals surface area contributed by atoms with Gasteiger partial charge in [-0.3, -0.25) is 4.79 Å². The van der Waals surface area contributed by atoms with Gasteiger partial charge in [-0.25, -0.2) is 0 Å². The largest absolute Gasteiger partial charge is 0.504 e. The summed E-state index contributed by atoms with van der Waals surface area (Å²) in [4.78, 5) is 12.5.